The molecule has 2 aromatic rings. The molecule has 0 N–H and O–H groups in total. The van der Waals surface area contributed by atoms with Crippen LogP contribution >= 0.6 is 22.6 Å². The third-order valence-corrected chi connectivity index (χ3v) is 4.44. The lowest BCUT2D eigenvalue weighted by atomic mass is 10.0. The maximum Gasteiger partial charge on any atom is 0.293 e. The number of nitro benzene ring substituents is 1. The number of anilines is 1. The van der Waals surface area contributed by atoms with Crippen molar-refractivity contribution < 1.29 is 4.92 Å². The fraction of sp³-hybridized carbons (Fsp3) is 0.357. The summed E-state index contributed by atoms with van der Waals surface area (Å²) in [6.45, 7) is 1.60. The van der Waals surface area contributed by atoms with Gasteiger partial charge in [-0.3, -0.25) is 14.8 Å². The van der Waals surface area contributed by atoms with E-state index >= 15 is 0 Å². The molecule has 1 aromatic carbocycles. The maximum atomic E-state index is 11.3. The van der Waals surface area contributed by atoms with Gasteiger partial charge in [0.2, 0.25) is 0 Å². The highest BCUT2D eigenvalue weighted by molar-refractivity contribution is 14.1. The number of benzene rings is 1. The molecule has 1 atom stereocenters. The maximum absolute atomic E-state index is 11.3. The molecule has 1 unspecified atom stereocenters. The van der Waals surface area contributed by atoms with Crippen LogP contribution in [0.4, 0.5) is 11.4 Å². The minimum atomic E-state index is -0.297. The van der Waals surface area contributed by atoms with Gasteiger partial charge in [0.25, 0.3) is 5.69 Å². The topological polar surface area (TPSA) is 64.2 Å². The zero-order valence-electron chi connectivity index (χ0n) is 11.4. The number of aromatic nitrogens is 2. The fourth-order valence-corrected chi connectivity index (χ4v) is 3.27. The van der Waals surface area contributed by atoms with E-state index in [1.165, 1.54) is 0 Å². The Morgan fingerprint density at radius 3 is 3.00 bits per heavy atom. The summed E-state index contributed by atoms with van der Waals surface area (Å²) in [6.07, 6.45) is 5.78. The molecule has 0 saturated carbocycles. The second-order valence-electron chi connectivity index (χ2n) is 5.12. The van der Waals surface area contributed by atoms with Crippen molar-refractivity contribution in [2.75, 3.05) is 18.0 Å². The van der Waals surface area contributed by atoms with E-state index in [9.17, 15) is 10.1 Å². The Morgan fingerprint density at radius 1 is 1.43 bits per heavy atom. The molecule has 3 rings (SSSR count). The van der Waals surface area contributed by atoms with E-state index in [4.69, 9.17) is 0 Å². The van der Waals surface area contributed by atoms with E-state index in [0.29, 0.717) is 5.69 Å². The van der Waals surface area contributed by atoms with Gasteiger partial charge in [0.05, 0.1) is 11.0 Å². The number of hydrogen-bond acceptors (Lipinski definition) is 4. The summed E-state index contributed by atoms with van der Waals surface area (Å²) < 4.78 is 2.83. The molecule has 1 aliphatic heterocycles. The van der Waals surface area contributed by atoms with Crippen LogP contribution < -0.4 is 4.90 Å². The van der Waals surface area contributed by atoms with Crippen molar-refractivity contribution in [1.29, 1.82) is 0 Å². The first-order valence-corrected chi connectivity index (χ1v) is 7.91. The highest BCUT2D eigenvalue weighted by Gasteiger charge is 2.26. The van der Waals surface area contributed by atoms with Crippen molar-refractivity contribution >= 4 is 34.0 Å². The summed E-state index contributed by atoms with van der Waals surface area (Å²) >= 11 is 2.10. The molecule has 7 heteroatoms. The predicted octanol–water partition coefficient (Wildman–Crippen LogP) is 3.24. The van der Waals surface area contributed by atoms with Gasteiger partial charge in [0.1, 0.15) is 5.69 Å². The molecular weight excluding hydrogens is 383 g/mol. The molecular formula is C14H15IN4O2. The quantitative estimate of drug-likeness (QED) is 0.453. The molecule has 1 aromatic heterocycles. The third-order valence-electron chi connectivity index (χ3n) is 3.77. The molecule has 1 saturated heterocycles. The summed E-state index contributed by atoms with van der Waals surface area (Å²) in [5.74, 6) is 0. The number of nitro groups is 1. The number of halogens is 1. The molecule has 6 nitrogen and oxygen atoms in total. The number of rotatable bonds is 3. The lowest BCUT2D eigenvalue weighted by Gasteiger charge is -2.34. The summed E-state index contributed by atoms with van der Waals surface area (Å²) in [7, 11) is 0. The molecule has 0 bridgehead atoms. The number of nitrogens with zero attached hydrogens (tertiary/aromatic N) is 4. The number of hydrogen-bond donors (Lipinski definition) is 0. The largest absolute Gasteiger partial charge is 0.364 e. The van der Waals surface area contributed by atoms with Crippen LogP contribution in [-0.2, 0) is 0 Å². The van der Waals surface area contributed by atoms with Gasteiger partial charge in [-0.25, -0.2) is 0 Å². The average Bonchev–Trinajstić information content (AvgIpc) is 3.01. The van der Waals surface area contributed by atoms with Crippen molar-refractivity contribution in [3.63, 3.8) is 0 Å². The minimum Gasteiger partial charge on any atom is -0.364 e. The van der Waals surface area contributed by atoms with E-state index in [2.05, 4.69) is 32.6 Å². The zero-order valence-corrected chi connectivity index (χ0v) is 13.5. The molecule has 1 aliphatic rings. The van der Waals surface area contributed by atoms with Gasteiger partial charge in [0, 0.05) is 35.1 Å². The van der Waals surface area contributed by atoms with Crippen LogP contribution in [0.5, 0.6) is 0 Å². The zero-order chi connectivity index (χ0) is 14.8. The number of piperidine rings is 1. The Hall–Kier alpha value is -1.64. The van der Waals surface area contributed by atoms with Crippen molar-refractivity contribution in [3.8, 4) is 0 Å². The highest BCUT2D eigenvalue weighted by Crippen LogP contribution is 2.33. The Morgan fingerprint density at radius 2 is 2.29 bits per heavy atom. The first-order valence-electron chi connectivity index (χ1n) is 6.83. The summed E-state index contributed by atoms with van der Waals surface area (Å²) in [5, 5.41) is 15.6. The van der Waals surface area contributed by atoms with Crippen LogP contribution in [0.15, 0.2) is 36.7 Å². The Labute approximate surface area is 136 Å². The standard InChI is InChI=1S/C14H15IN4O2/c15-11-4-5-13(14(9-11)19(20)21)17-7-1-3-12(10-17)18-8-2-6-16-18/h2,4-6,8-9,12H,1,3,7,10H2. The van der Waals surface area contributed by atoms with Crippen LogP contribution in [0.2, 0.25) is 0 Å². The third kappa shape index (κ3) is 3.02. The van der Waals surface area contributed by atoms with Crippen molar-refractivity contribution in [2.24, 2.45) is 0 Å². The Kier molecular flexibility index (Phi) is 4.09. The van der Waals surface area contributed by atoms with Crippen LogP contribution in [0.25, 0.3) is 0 Å². The van der Waals surface area contributed by atoms with Gasteiger partial charge >= 0.3 is 0 Å². The Bertz CT molecular complexity index is 644. The van der Waals surface area contributed by atoms with Gasteiger partial charge in [-0.15, -0.1) is 0 Å². The second-order valence-corrected chi connectivity index (χ2v) is 6.36. The summed E-state index contributed by atoms with van der Waals surface area (Å²) in [5.41, 5.74) is 0.889. The van der Waals surface area contributed by atoms with Gasteiger partial charge in [-0.1, -0.05) is 0 Å². The van der Waals surface area contributed by atoms with Crippen LogP contribution in [0.1, 0.15) is 18.9 Å². The van der Waals surface area contributed by atoms with Crippen molar-refractivity contribution in [2.45, 2.75) is 18.9 Å². The summed E-state index contributed by atoms with van der Waals surface area (Å²) in [4.78, 5) is 13.1. The van der Waals surface area contributed by atoms with Gasteiger partial charge < -0.3 is 4.90 Å². The van der Waals surface area contributed by atoms with Crippen LogP contribution in [-0.4, -0.2) is 27.8 Å². The van der Waals surface area contributed by atoms with E-state index < -0.39 is 0 Å². The van der Waals surface area contributed by atoms with Gasteiger partial charge in [-0.05, 0) is 53.6 Å². The molecule has 21 heavy (non-hydrogen) atoms. The molecule has 0 amide bonds. The first kappa shape index (κ1) is 14.3. The van der Waals surface area contributed by atoms with E-state index in [0.717, 1.165) is 29.5 Å². The molecule has 0 aliphatic carbocycles. The highest BCUT2D eigenvalue weighted by atomic mass is 127. The normalized spacial score (nSPS) is 18.7. The minimum absolute atomic E-state index is 0.183. The predicted molar refractivity (Wildman–Crippen MR) is 88.5 cm³/mol. The molecule has 0 radical (unpaired) electrons. The van der Waals surface area contributed by atoms with E-state index in [1.54, 1.807) is 12.3 Å². The second kappa shape index (κ2) is 6.00. The average molecular weight is 398 g/mol. The molecule has 2 heterocycles. The van der Waals surface area contributed by atoms with Gasteiger partial charge in [-0.2, -0.15) is 5.10 Å². The first-order chi connectivity index (χ1) is 10.1. The van der Waals surface area contributed by atoms with Crippen LogP contribution in [0, 0.1) is 13.7 Å². The van der Waals surface area contributed by atoms with E-state index in [1.807, 2.05) is 29.1 Å². The van der Waals surface area contributed by atoms with Gasteiger partial charge in [0.15, 0.2) is 0 Å². The van der Waals surface area contributed by atoms with Crippen molar-refractivity contribution in [1.82, 2.24) is 9.78 Å². The van der Waals surface area contributed by atoms with E-state index in [-0.39, 0.29) is 16.7 Å². The lowest BCUT2D eigenvalue weighted by Crippen LogP contribution is -2.37. The smallest absolute Gasteiger partial charge is 0.293 e. The summed E-state index contributed by atoms with van der Waals surface area (Å²) in [6, 6.07) is 7.58. The fourth-order valence-electron chi connectivity index (χ4n) is 2.80. The van der Waals surface area contributed by atoms with Crippen LogP contribution in [0.3, 0.4) is 0 Å². The lowest BCUT2D eigenvalue weighted by molar-refractivity contribution is -0.384. The Balaban J connectivity index is 1.88. The molecule has 0 spiro atoms. The molecule has 1 fully saturated rings. The SMILES string of the molecule is O=[N+]([O-])c1cc(I)ccc1N1CCCC(n2cccn2)C1. The van der Waals surface area contributed by atoms with Crippen molar-refractivity contribution in [3.05, 3.63) is 50.3 Å². The molecule has 110 valence electrons. The monoisotopic (exact) mass is 398 g/mol.